The molecule has 0 aromatic heterocycles. The fourth-order valence-corrected chi connectivity index (χ4v) is 3.84. The van der Waals surface area contributed by atoms with Gasteiger partial charge in [-0.05, 0) is 37.5 Å². The first-order chi connectivity index (χ1) is 14.0. The minimum Gasteiger partial charge on any atom is -0.497 e. The first-order valence-corrected chi connectivity index (χ1v) is 10.5. The van der Waals surface area contributed by atoms with Gasteiger partial charge in [0.05, 0.1) is 19.5 Å². The van der Waals surface area contributed by atoms with Gasteiger partial charge in [0, 0.05) is 40.4 Å². The molecule has 0 bridgehead atoms. The van der Waals surface area contributed by atoms with Crippen molar-refractivity contribution in [3.05, 3.63) is 42.5 Å². The Bertz CT molecular complexity index is 861. The lowest BCUT2D eigenvalue weighted by Gasteiger charge is -2.16. The van der Waals surface area contributed by atoms with Crippen molar-refractivity contribution in [1.29, 1.82) is 0 Å². The average Bonchev–Trinajstić information content (AvgIpc) is 3.57. The van der Waals surface area contributed by atoms with Crippen LogP contribution in [0.15, 0.2) is 47.4 Å². The maximum atomic E-state index is 12.8. The molecule has 1 atom stereocenters. The Hall–Kier alpha value is -2.67. The van der Waals surface area contributed by atoms with Crippen molar-refractivity contribution < 1.29 is 19.1 Å². The number of hydrogen-bond acceptors (Lipinski definition) is 5. The van der Waals surface area contributed by atoms with Crippen molar-refractivity contribution >= 4 is 35.0 Å². The Balaban J connectivity index is 1.66. The number of nitrogens with one attached hydrogen (secondary N) is 2. The first-order valence-electron chi connectivity index (χ1n) is 9.64. The van der Waals surface area contributed by atoms with Crippen LogP contribution in [0, 0.1) is 5.92 Å². The van der Waals surface area contributed by atoms with E-state index in [1.54, 1.807) is 32.4 Å². The van der Waals surface area contributed by atoms with E-state index in [1.165, 1.54) is 11.8 Å². The highest BCUT2D eigenvalue weighted by Crippen LogP contribution is 2.32. The van der Waals surface area contributed by atoms with Gasteiger partial charge in [0.1, 0.15) is 11.5 Å². The number of carbonyl (C=O) groups is 2. The van der Waals surface area contributed by atoms with Crippen LogP contribution >= 0.6 is 11.8 Å². The van der Waals surface area contributed by atoms with Crippen LogP contribution in [0.3, 0.4) is 0 Å². The summed E-state index contributed by atoms with van der Waals surface area (Å²) >= 11 is 1.48. The summed E-state index contributed by atoms with van der Waals surface area (Å²) in [5.74, 6) is 1.35. The maximum absolute atomic E-state index is 12.8. The summed E-state index contributed by atoms with van der Waals surface area (Å²) in [6.07, 6.45) is 2.59. The zero-order valence-electron chi connectivity index (χ0n) is 16.9. The molecule has 1 aliphatic carbocycles. The van der Waals surface area contributed by atoms with Crippen LogP contribution in [-0.4, -0.2) is 31.3 Å². The molecule has 0 aliphatic heterocycles. The molecule has 0 saturated heterocycles. The highest BCUT2D eigenvalue weighted by molar-refractivity contribution is 8.00. The van der Waals surface area contributed by atoms with Crippen molar-refractivity contribution in [3.8, 4) is 11.5 Å². The molecule has 2 amide bonds. The third-order valence-corrected chi connectivity index (χ3v) is 5.97. The summed E-state index contributed by atoms with van der Waals surface area (Å²) in [6.45, 7) is 1.97. The fraction of sp³-hybridized carbons (Fsp3) is 0.364. The number of hydrogen-bond donors (Lipinski definition) is 2. The molecule has 0 heterocycles. The second-order valence-electron chi connectivity index (χ2n) is 6.90. The lowest BCUT2D eigenvalue weighted by atomic mass is 10.2. The SMILES string of the molecule is CCC(Sc1cccc(NC(=O)C2CC2)c1)C(=O)Nc1cc(OC)cc(OC)c1. The van der Waals surface area contributed by atoms with Crippen LogP contribution in [-0.2, 0) is 9.59 Å². The van der Waals surface area contributed by atoms with Gasteiger partial charge >= 0.3 is 0 Å². The van der Waals surface area contributed by atoms with Gasteiger partial charge in [-0.1, -0.05) is 13.0 Å². The molecule has 154 valence electrons. The Morgan fingerprint density at radius 1 is 1.03 bits per heavy atom. The highest BCUT2D eigenvalue weighted by Gasteiger charge is 2.29. The lowest BCUT2D eigenvalue weighted by Crippen LogP contribution is -2.24. The maximum Gasteiger partial charge on any atom is 0.237 e. The molecule has 1 saturated carbocycles. The van der Waals surface area contributed by atoms with Gasteiger partial charge < -0.3 is 20.1 Å². The molecule has 0 spiro atoms. The minimum atomic E-state index is -0.276. The summed E-state index contributed by atoms with van der Waals surface area (Å²) in [5.41, 5.74) is 1.38. The van der Waals surface area contributed by atoms with Crippen LogP contribution in [0.4, 0.5) is 11.4 Å². The Labute approximate surface area is 175 Å². The molecule has 2 N–H and O–H groups in total. The Kier molecular flexibility index (Phi) is 7.04. The predicted octanol–water partition coefficient (Wildman–Crippen LogP) is 4.56. The van der Waals surface area contributed by atoms with Crippen LogP contribution < -0.4 is 20.1 Å². The van der Waals surface area contributed by atoms with E-state index in [-0.39, 0.29) is 23.0 Å². The van der Waals surface area contributed by atoms with E-state index in [2.05, 4.69) is 10.6 Å². The van der Waals surface area contributed by atoms with Crippen LogP contribution in [0.2, 0.25) is 0 Å². The largest absolute Gasteiger partial charge is 0.497 e. The van der Waals surface area contributed by atoms with Crippen molar-refractivity contribution in [3.63, 3.8) is 0 Å². The molecule has 2 aromatic rings. The molecule has 1 aliphatic rings. The van der Waals surface area contributed by atoms with E-state index in [9.17, 15) is 9.59 Å². The Morgan fingerprint density at radius 2 is 1.72 bits per heavy atom. The van der Waals surface area contributed by atoms with E-state index >= 15 is 0 Å². The molecular weight excluding hydrogens is 388 g/mol. The van der Waals surface area contributed by atoms with E-state index in [0.29, 0.717) is 23.6 Å². The molecule has 7 heteroatoms. The number of thioether (sulfide) groups is 1. The second-order valence-corrected chi connectivity index (χ2v) is 8.17. The third-order valence-electron chi connectivity index (χ3n) is 4.61. The van der Waals surface area contributed by atoms with Gasteiger partial charge in [0.2, 0.25) is 11.8 Å². The Morgan fingerprint density at radius 3 is 2.31 bits per heavy atom. The number of rotatable bonds is 9. The van der Waals surface area contributed by atoms with Gasteiger partial charge in [-0.3, -0.25) is 9.59 Å². The van der Waals surface area contributed by atoms with Crippen molar-refractivity contribution in [2.24, 2.45) is 5.92 Å². The normalized spacial score (nSPS) is 14.0. The second kappa shape index (κ2) is 9.69. The van der Waals surface area contributed by atoms with E-state index < -0.39 is 0 Å². The molecule has 6 nitrogen and oxygen atoms in total. The fourth-order valence-electron chi connectivity index (χ4n) is 2.83. The van der Waals surface area contributed by atoms with Gasteiger partial charge in [-0.2, -0.15) is 0 Å². The van der Waals surface area contributed by atoms with Gasteiger partial charge in [-0.15, -0.1) is 11.8 Å². The van der Waals surface area contributed by atoms with Gasteiger partial charge in [0.15, 0.2) is 0 Å². The summed E-state index contributed by atoms with van der Waals surface area (Å²) in [6, 6.07) is 12.9. The third kappa shape index (κ3) is 5.90. The number of ether oxygens (including phenoxy) is 2. The van der Waals surface area contributed by atoms with Crippen molar-refractivity contribution in [2.45, 2.75) is 36.3 Å². The first kappa shape index (κ1) is 21.0. The van der Waals surface area contributed by atoms with Crippen LogP contribution in [0.1, 0.15) is 26.2 Å². The lowest BCUT2D eigenvalue weighted by molar-refractivity contribution is -0.117. The predicted molar refractivity (Wildman–Crippen MR) is 116 cm³/mol. The van der Waals surface area contributed by atoms with Gasteiger partial charge in [0.25, 0.3) is 0 Å². The van der Waals surface area contributed by atoms with Crippen molar-refractivity contribution in [2.75, 3.05) is 24.9 Å². The topological polar surface area (TPSA) is 76.7 Å². The monoisotopic (exact) mass is 414 g/mol. The van der Waals surface area contributed by atoms with E-state index in [4.69, 9.17) is 9.47 Å². The number of amides is 2. The smallest absolute Gasteiger partial charge is 0.237 e. The van der Waals surface area contributed by atoms with E-state index in [0.717, 1.165) is 23.4 Å². The molecule has 1 fully saturated rings. The molecule has 3 rings (SSSR count). The number of methoxy groups -OCH3 is 2. The standard InChI is InChI=1S/C22H26N2O4S/c1-4-20(22(26)24-16-10-17(27-2)13-18(11-16)28-3)29-19-7-5-6-15(12-19)23-21(25)14-8-9-14/h5-7,10-14,20H,4,8-9H2,1-3H3,(H,23,25)(H,24,26). The highest BCUT2D eigenvalue weighted by atomic mass is 32.2. The molecule has 0 radical (unpaired) electrons. The zero-order chi connectivity index (χ0) is 20.8. The number of carbonyl (C=O) groups excluding carboxylic acids is 2. The average molecular weight is 415 g/mol. The summed E-state index contributed by atoms with van der Waals surface area (Å²) in [4.78, 5) is 25.7. The summed E-state index contributed by atoms with van der Waals surface area (Å²) in [5, 5.41) is 5.62. The molecule has 1 unspecified atom stereocenters. The van der Waals surface area contributed by atoms with E-state index in [1.807, 2.05) is 31.2 Å². The van der Waals surface area contributed by atoms with Crippen LogP contribution in [0.5, 0.6) is 11.5 Å². The quantitative estimate of drug-likeness (QED) is 0.588. The summed E-state index contributed by atoms with van der Waals surface area (Å²) in [7, 11) is 3.14. The number of anilines is 2. The van der Waals surface area contributed by atoms with Crippen molar-refractivity contribution in [1.82, 2.24) is 0 Å². The number of benzene rings is 2. The zero-order valence-corrected chi connectivity index (χ0v) is 17.7. The molecule has 29 heavy (non-hydrogen) atoms. The molecular formula is C22H26N2O4S. The van der Waals surface area contributed by atoms with Crippen LogP contribution in [0.25, 0.3) is 0 Å². The molecule has 2 aromatic carbocycles. The minimum absolute atomic E-state index is 0.0731. The summed E-state index contributed by atoms with van der Waals surface area (Å²) < 4.78 is 10.5. The van der Waals surface area contributed by atoms with Gasteiger partial charge in [-0.25, -0.2) is 0 Å².